The number of aryl methyl sites for hydroxylation is 2. The smallest absolute Gasteiger partial charge is 0.255 e. The Bertz CT molecular complexity index is 1430. The van der Waals surface area contributed by atoms with Gasteiger partial charge in [0.25, 0.3) is 5.91 Å². The summed E-state index contributed by atoms with van der Waals surface area (Å²) in [4.78, 5) is 19.3. The molecule has 1 amide bonds. The minimum Gasteiger partial charge on any atom is -0.328 e. The second-order valence-corrected chi connectivity index (χ2v) is 10.8. The van der Waals surface area contributed by atoms with Crippen molar-refractivity contribution in [3.63, 3.8) is 0 Å². The summed E-state index contributed by atoms with van der Waals surface area (Å²) < 4.78 is 1.82. The number of benzene rings is 2. The molecule has 178 valence electrons. The van der Waals surface area contributed by atoms with E-state index in [4.69, 9.17) is 21.7 Å². The van der Waals surface area contributed by atoms with E-state index in [9.17, 15) is 4.79 Å². The van der Waals surface area contributed by atoms with Crippen LogP contribution in [0, 0.1) is 13.8 Å². The van der Waals surface area contributed by atoms with Gasteiger partial charge >= 0.3 is 0 Å². The van der Waals surface area contributed by atoms with Crippen molar-refractivity contribution in [3.8, 4) is 0 Å². The molecule has 1 atom stereocenters. The fourth-order valence-electron chi connectivity index (χ4n) is 4.11. The molecular weight excluding hydrogens is 498 g/mol. The number of hydrogen-bond acceptors (Lipinski definition) is 6. The Morgan fingerprint density at radius 3 is 2.77 bits per heavy atom. The first-order chi connectivity index (χ1) is 16.9. The molecule has 0 saturated heterocycles. The molecule has 0 bridgehead atoms. The van der Waals surface area contributed by atoms with Gasteiger partial charge in [0, 0.05) is 27.0 Å². The number of amides is 1. The van der Waals surface area contributed by atoms with Gasteiger partial charge in [-0.25, -0.2) is 4.68 Å². The van der Waals surface area contributed by atoms with Crippen LogP contribution in [0.1, 0.15) is 34.5 Å². The van der Waals surface area contributed by atoms with Gasteiger partial charge in [0.15, 0.2) is 0 Å². The van der Waals surface area contributed by atoms with Gasteiger partial charge in [0.1, 0.15) is 6.04 Å². The molecule has 2 aromatic heterocycles. The maximum atomic E-state index is 13.6. The minimum absolute atomic E-state index is 0.158. The fraction of sp³-hybridized carbons (Fsp3) is 0.192. The number of rotatable bonds is 6. The van der Waals surface area contributed by atoms with Crippen LogP contribution in [-0.4, -0.2) is 20.7 Å². The molecule has 0 radical (unpaired) electrons. The van der Waals surface area contributed by atoms with Gasteiger partial charge in [0.2, 0.25) is 11.1 Å². The summed E-state index contributed by atoms with van der Waals surface area (Å²) >= 11 is 9.26. The number of allylic oxidation sites excluding steroid dienone is 1. The Balaban J connectivity index is 1.45. The van der Waals surface area contributed by atoms with Crippen LogP contribution in [0.5, 0.6) is 0 Å². The van der Waals surface area contributed by atoms with Crippen LogP contribution in [0.2, 0.25) is 5.02 Å². The lowest BCUT2D eigenvalue weighted by molar-refractivity contribution is -0.113. The average Bonchev–Trinajstić information content (AvgIpc) is 3.48. The third-order valence-electron chi connectivity index (χ3n) is 5.78. The van der Waals surface area contributed by atoms with Crippen LogP contribution < -0.4 is 10.6 Å². The highest BCUT2D eigenvalue weighted by atomic mass is 35.5. The monoisotopic (exact) mass is 521 g/mol. The van der Waals surface area contributed by atoms with E-state index in [1.165, 1.54) is 11.8 Å². The van der Waals surface area contributed by atoms with Crippen molar-refractivity contribution in [2.24, 2.45) is 0 Å². The molecule has 5 rings (SSSR count). The molecule has 0 spiro atoms. The highest BCUT2D eigenvalue weighted by molar-refractivity contribution is 7.98. The average molecular weight is 522 g/mol. The maximum Gasteiger partial charge on any atom is 0.255 e. The van der Waals surface area contributed by atoms with Crippen molar-refractivity contribution >= 4 is 52.2 Å². The van der Waals surface area contributed by atoms with E-state index in [1.807, 2.05) is 79.4 Å². The summed E-state index contributed by atoms with van der Waals surface area (Å²) in [7, 11) is 0. The highest BCUT2D eigenvalue weighted by Crippen LogP contribution is 2.38. The van der Waals surface area contributed by atoms with Gasteiger partial charge in [0.05, 0.1) is 5.57 Å². The first-order valence-electron chi connectivity index (χ1n) is 11.1. The maximum absolute atomic E-state index is 13.6. The number of aromatic nitrogens is 3. The van der Waals surface area contributed by atoms with E-state index in [1.54, 1.807) is 11.3 Å². The molecule has 2 aromatic carbocycles. The number of halogens is 1. The molecule has 1 aliphatic heterocycles. The second kappa shape index (κ2) is 9.89. The molecule has 3 heterocycles. The van der Waals surface area contributed by atoms with Gasteiger partial charge in [-0.15, -0.1) is 16.4 Å². The van der Waals surface area contributed by atoms with Crippen LogP contribution in [0.4, 0.5) is 11.6 Å². The lowest BCUT2D eigenvalue weighted by atomic mass is 10.0. The third-order valence-corrected chi connectivity index (χ3v) is 7.85. The van der Waals surface area contributed by atoms with Crippen LogP contribution >= 0.6 is 34.7 Å². The number of nitrogens with one attached hydrogen (secondary N) is 2. The Hall–Kier alpha value is -3.07. The zero-order valence-corrected chi connectivity index (χ0v) is 21.9. The number of fused-ring (bicyclic) bond motifs is 1. The highest BCUT2D eigenvalue weighted by Gasteiger charge is 2.35. The van der Waals surface area contributed by atoms with Gasteiger partial charge < -0.3 is 10.6 Å². The van der Waals surface area contributed by atoms with Gasteiger partial charge in [-0.3, -0.25) is 4.79 Å². The predicted octanol–water partition coefficient (Wildman–Crippen LogP) is 6.83. The van der Waals surface area contributed by atoms with Crippen molar-refractivity contribution in [3.05, 3.63) is 97.8 Å². The van der Waals surface area contributed by atoms with Crippen molar-refractivity contribution in [2.75, 3.05) is 10.6 Å². The molecule has 0 fully saturated rings. The number of carbonyl (C=O) groups excluding carboxylic acids is 1. The Labute approximate surface area is 217 Å². The van der Waals surface area contributed by atoms with Crippen LogP contribution in [-0.2, 0) is 10.5 Å². The van der Waals surface area contributed by atoms with Crippen molar-refractivity contribution in [1.29, 1.82) is 0 Å². The normalized spacial score (nSPS) is 15.0. The Morgan fingerprint density at radius 1 is 1.17 bits per heavy atom. The van der Waals surface area contributed by atoms with Crippen LogP contribution in [0.15, 0.2) is 76.4 Å². The molecule has 0 aliphatic carbocycles. The summed E-state index contributed by atoms with van der Waals surface area (Å²) in [5.41, 5.74) is 5.46. The topological polar surface area (TPSA) is 71.8 Å². The molecule has 2 N–H and O–H groups in total. The molecule has 0 saturated carbocycles. The van der Waals surface area contributed by atoms with Crippen molar-refractivity contribution in [2.45, 2.75) is 37.7 Å². The van der Waals surface area contributed by atoms with Crippen LogP contribution in [0.3, 0.4) is 0 Å². The zero-order valence-electron chi connectivity index (χ0n) is 19.5. The number of carbonyl (C=O) groups is 1. The number of thiophene rings is 1. The lowest BCUT2D eigenvalue weighted by Crippen LogP contribution is -2.31. The Kier molecular flexibility index (Phi) is 6.69. The van der Waals surface area contributed by atoms with Crippen molar-refractivity contribution in [1.82, 2.24) is 14.8 Å². The van der Waals surface area contributed by atoms with Crippen LogP contribution in [0.25, 0.3) is 0 Å². The first kappa shape index (κ1) is 23.7. The second-order valence-electron chi connectivity index (χ2n) is 8.44. The predicted molar refractivity (Wildman–Crippen MR) is 144 cm³/mol. The Morgan fingerprint density at radius 2 is 2.03 bits per heavy atom. The summed E-state index contributed by atoms with van der Waals surface area (Å²) in [5, 5.41) is 14.6. The molecular formula is C26H24ClN5OS2. The summed E-state index contributed by atoms with van der Waals surface area (Å²) in [5.74, 6) is 1.16. The molecule has 4 aromatic rings. The third kappa shape index (κ3) is 5.00. The van der Waals surface area contributed by atoms with Gasteiger partial charge in [-0.1, -0.05) is 59.3 Å². The zero-order chi connectivity index (χ0) is 24.5. The molecule has 0 unspecified atom stereocenters. The summed E-state index contributed by atoms with van der Waals surface area (Å²) in [6.07, 6.45) is 0. The van der Waals surface area contributed by atoms with Crippen molar-refractivity contribution < 1.29 is 4.79 Å². The van der Waals surface area contributed by atoms with E-state index in [0.717, 1.165) is 33.0 Å². The number of hydrogen-bond donors (Lipinski definition) is 2. The van der Waals surface area contributed by atoms with E-state index < -0.39 is 0 Å². The number of nitrogens with zero attached hydrogens (tertiary/aromatic N) is 3. The minimum atomic E-state index is -0.370. The standard InChI is InChI=1S/C26H24ClN5OS2/c1-15-9-10-20(16(2)12-15)29-24(33)22-17(3)28-25-30-26(35-14-18-6-4-7-19(27)13-18)31-32(25)23(22)21-8-5-11-34-21/h4-13,23H,14H2,1-3H3,(H,29,33)(H,28,30,31)/t23-/m0/s1. The van der Waals surface area contributed by atoms with E-state index in [-0.39, 0.29) is 11.9 Å². The van der Waals surface area contributed by atoms with E-state index >= 15 is 0 Å². The first-order valence-corrected chi connectivity index (χ1v) is 13.4. The summed E-state index contributed by atoms with van der Waals surface area (Å²) in [6, 6.07) is 17.4. The molecule has 1 aliphatic rings. The molecule has 9 heteroatoms. The number of thioether (sulfide) groups is 1. The summed E-state index contributed by atoms with van der Waals surface area (Å²) in [6.45, 7) is 5.95. The van der Waals surface area contributed by atoms with Gasteiger partial charge in [-0.2, -0.15) is 4.98 Å². The van der Waals surface area contributed by atoms with Gasteiger partial charge in [-0.05, 0) is 61.5 Å². The quantitative estimate of drug-likeness (QED) is 0.272. The lowest BCUT2D eigenvalue weighted by Gasteiger charge is -2.27. The largest absolute Gasteiger partial charge is 0.328 e. The number of anilines is 2. The van der Waals surface area contributed by atoms with E-state index in [2.05, 4.69) is 16.7 Å². The SMILES string of the molecule is CC1=C(C(=O)Nc2ccc(C)cc2C)[C@H](c2cccs2)n2nc(SCc3cccc(Cl)c3)nc2N1. The molecule has 6 nitrogen and oxygen atoms in total. The van der Waals surface area contributed by atoms with E-state index in [0.29, 0.717) is 27.5 Å². The molecule has 35 heavy (non-hydrogen) atoms. The fourth-order valence-corrected chi connectivity index (χ4v) is 5.92.